The summed E-state index contributed by atoms with van der Waals surface area (Å²) in [6.45, 7) is 6.71. The Balaban J connectivity index is 3.27. The van der Waals surface area contributed by atoms with E-state index in [2.05, 4.69) is 18.5 Å². The van der Waals surface area contributed by atoms with E-state index in [1.54, 1.807) is 30.3 Å². The van der Waals surface area contributed by atoms with Crippen molar-refractivity contribution < 1.29 is 16.8 Å². The van der Waals surface area contributed by atoms with Gasteiger partial charge in [-0.3, -0.25) is 0 Å². The molecule has 1 aromatic rings. The molecule has 0 fully saturated rings. The summed E-state index contributed by atoms with van der Waals surface area (Å²) in [7, 11) is -7.51. The fraction of sp³-hybridized carbons (Fsp3) is 0.143. The van der Waals surface area contributed by atoms with Gasteiger partial charge >= 0.3 is 0 Å². The molecule has 7 heteroatoms. The monoisotopic (exact) mass is 327 g/mol. The van der Waals surface area contributed by atoms with Gasteiger partial charge in [0.05, 0.1) is 16.9 Å². The maximum atomic E-state index is 12.1. The van der Waals surface area contributed by atoms with Crippen LogP contribution in [0, 0.1) is 0 Å². The number of anilines is 1. The minimum absolute atomic E-state index is 0.337. The van der Waals surface area contributed by atoms with Gasteiger partial charge in [0.25, 0.3) is 0 Å². The fourth-order valence-corrected chi connectivity index (χ4v) is 4.06. The van der Waals surface area contributed by atoms with E-state index < -0.39 is 19.7 Å². The molecule has 0 heterocycles. The number of rotatable bonds is 8. The first-order valence-electron chi connectivity index (χ1n) is 6.02. The number of nitrogens with one attached hydrogen (secondary N) is 1. The third kappa shape index (κ3) is 5.57. The Morgan fingerprint density at radius 3 is 2.10 bits per heavy atom. The summed E-state index contributed by atoms with van der Waals surface area (Å²) in [5.41, 5.74) is 0.477. The van der Waals surface area contributed by atoms with Crippen LogP contribution in [-0.4, -0.2) is 28.3 Å². The quantitative estimate of drug-likeness (QED) is 0.740. The van der Waals surface area contributed by atoms with Gasteiger partial charge in [0, 0.05) is 5.69 Å². The molecule has 0 aliphatic carbocycles. The van der Waals surface area contributed by atoms with E-state index in [1.807, 2.05) is 0 Å². The Bertz CT molecular complexity index is 732. The highest BCUT2D eigenvalue weighted by Gasteiger charge is 2.20. The summed E-state index contributed by atoms with van der Waals surface area (Å²) in [6, 6.07) is 8.45. The molecule has 114 valence electrons. The van der Waals surface area contributed by atoms with Crippen LogP contribution >= 0.6 is 0 Å². The maximum absolute atomic E-state index is 12.1. The number of benzene rings is 1. The molecule has 0 radical (unpaired) electrons. The second kappa shape index (κ2) is 7.24. The second-order valence-electron chi connectivity index (χ2n) is 4.16. The molecule has 0 amide bonds. The SMILES string of the molecule is C=CCS(=O)(=O)C=C(Nc1ccccc1)S(=O)(=O)CC=C. The number of hydrogen-bond acceptors (Lipinski definition) is 5. The molecule has 0 spiro atoms. The minimum atomic E-state index is -3.80. The van der Waals surface area contributed by atoms with Crippen molar-refractivity contribution in [3.63, 3.8) is 0 Å². The molecule has 0 bridgehead atoms. The lowest BCUT2D eigenvalue weighted by atomic mass is 10.3. The Morgan fingerprint density at radius 1 is 1.00 bits per heavy atom. The third-order valence-corrected chi connectivity index (χ3v) is 5.36. The molecular weight excluding hydrogens is 310 g/mol. The highest BCUT2D eigenvalue weighted by Crippen LogP contribution is 2.16. The summed E-state index contributed by atoms with van der Waals surface area (Å²) < 4.78 is 47.9. The van der Waals surface area contributed by atoms with Crippen molar-refractivity contribution in [2.45, 2.75) is 0 Å². The summed E-state index contributed by atoms with van der Waals surface area (Å²) in [6.07, 6.45) is 2.40. The molecule has 0 aliphatic heterocycles. The smallest absolute Gasteiger partial charge is 0.197 e. The molecule has 1 N–H and O–H groups in total. The summed E-state index contributed by atoms with van der Waals surface area (Å²) in [5.74, 6) is -0.696. The van der Waals surface area contributed by atoms with Gasteiger partial charge in [0.1, 0.15) is 5.03 Å². The molecule has 5 nitrogen and oxygen atoms in total. The van der Waals surface area contributed by atoms with Gasteiger partial charge < -0.3 is 5.32 Å². The molecule has 0 atom stereocenters. The largest absolute Gasteiger partial charge is 0.346 e. The van der Waals surface area contributed by atoms with E-state index in [-0.39, 0.29) is 16.5 Å². The van der Waals surface area contributed by atoms with Crippen molar-refractivity contribution in [2.24, 2.45) is 0 Å². The molecule has 0 saturated heterocycles. The first-order chi connectivity index (χ1) is 9.80. The van der Waals surface area contributed by atoms with Crippen molar-refractivity contribution in [1.82, 2.24) is 0 Å². The topological polar surface area (TPSA) is 80.3 Å². The van der Waals surface area contributed by atoms with Crippen molar-refractivity contribution in [3.8, 4) is 0 Å². The van der Waals surface area contributed by atoms with Crippen LogP contribution in [0.1, 0.15) is 0 Å². The normalized spacial score (nSPS) is 12.7. The van der Waals surface area contributed by atoms with Gasteiger partial charge in [-0.25, -0.2) is 16.8 Å². The fourth-order valence-electron chi connectivity index (χ4n) is 1.46. The molecule has 0 unspecified atom stereocenters. The highest BCUT2D eigenvalue weighted by molar-refractivity contribution is 7.98. The third-order valence-electron chi connectivity index (χ3n) is 2.35. The van der Waals surface area contributed by atoms with Gasteiger partial charge in [0.2, 0.25) is 0 Å². The zero-order chi connectivity index (χ0) is 15.9. The van der Waals surface area contributed by atoms with Gasteiger partial charge in [0.15, 0.2) is 19.7 Å². The van der Waals surface area contributed by atoms with Crippen LogP contribution in [-0.2, 0) is 19.7 Å². The van der Waals surface area contributed by atoms with Crippen LogP contribution in [0.2, 0.25) is 0 Å². The highest BCUT2D eigenvalue weighted by atomic mass is 32.2. The van der Waals surface area contributed by atoms with E-state index in [1.165, 1.54) is 12.2 Å². The lowest BCUT2D eigenvalue weighted by Crippen LogP contribution is -2.17. The second-order valence-corrected chi connectivity index (χ2v) is 8.06. The van der Waals surface area contributed by atoms with Gasteiger partial charge in [-0.1, -0.05) is 30.4 Å². The maximum Gasteiger partial charge on any atom is 0.197 e. The van der Waals surface area contributed by atoms with Crippen molar-refractivity contribution in [2.75, 3.05) is 16.8 Å². The van der Waals surface area contributed by atoms with E-state index in [4.69, 9.17) is 0 Å². The van der Waals surface area contributed by atoms with Gasteiger partial charge in [-0.15, -0.1) is 13.2 Å². The minimum Gasteiger partial charge on any atom is -0.346 e. The summed E-state index contributed by atoms with van der Waals surface area (Å²) in [5, 5.41) is 2.97. The van der Waals surface area contributed by atoms with Crippen LogP contribution in [0.4, 0.5) is 5.69 Å². The molecule has 21 heavy (non-hydrogen) atoms. The molecule has 1 rings (SSSR count). The van der Waals surface area contributed by atoms with E-state index in [0.717, 1.165) is 5.41 Å². The van der Waals surface area contributed by atoms with Crippen molar-refractivity contribution >= 4 is 25.4 Å². The Hall–Kier alpha value is -1.86. The average Bonchev–Trinajstić information content (AvgIpc) is 2.38. The molecule has 0 saturated carbocycles. The van der Waals surface area contributed by atoms with Crippen LogP contribution in [0.25, 0.3) is 0 Å². The molecule has 0 aliphatic rings. The Morgan fingerprint density at radius 2 is 1.57 bits per heavy atom. The van der Waals surface area contributed by atoms with Gasteiger partial charge in [-0.2, -0.15) is 0 Å². The van der Waals surface area contributed by atoms with Crippen molar-refractivity contribution in [1.29, 1.82) is 0 Å². The van der Waals surface area contributed by atoms with Crippen LogP contribution in [0.15, 0.2) is 66.1 Å². The summed E-state index contributed by atoms with van der Waals surface area (Å²) >= 11 is 0. The van der Waals surface area contributed by atoms with Crippen molar-refractivity contribution in [3.05, 3.63) is 66.1 Å². The standard InChI is InChI=1S/C14H17NO4S2/c1-3-10-20(16,17)12-14(21(18,19)11-4-2)15-13-8-6-5-7-9-13/h3-9,12,15H,1-2,10-11H2. The zero-order valence-corrected chi connectivity index (χ0v) is 13.0. The molecule has 0 aromatic heterocycles. The lowest BCUT2D eigenvalue weighted by molar-refractivity contribution is 0.601. The lowest BCUT2D eigenvalue weighted by Gasteiger charge is -2.11. The van der Waals surface area contributed by atoms with Crippen LogP contribution in [0.3, 0.4) is 0 Å². The Kier molecular flexibility index (Phi) is 5.92. The number of sulfone groups is 2. The van der Waals surface area contributed by atoms with Crippen LogP contribution in [0.5, 0.6) is 0 Å². The number of hydrogen-bond donors (Lipinski definition) is 1. The van der Waals surface area contributed by atoms with Gasteiger partial charge in [-0.05, 0) is 12.1 Å². The Labute approximate surface area is 125 Å². The van der Waals surface area contributed by atoms with E-state index >= 15 is 0 Å². The zero-order valence-electron chi connectivity index (χ0n) is 11.4. The average molecular weight is 327 g/mol. The first-order valence-corrected chi connectivity index (χ1v) is 9.38. The number of para-hydroxylation sites is 1. The predicted molar refractivity (Wildman–Crippen MR) is 86.1 cm³/mol. The molecule has 1 aromatic carbocycles. The molecular formula is C14H17NO4S2. The predicted octanol–water partition coefficient (Wildman–Crippen LogP) is 2.10. The van der Waals surface area contributed by atoms with E-state index in [0.29, 0.717) is 5.69 Å². The summed E-state index contributed by atoms with van der Waals surface area (Å²) in [4.78, 5) is 0. The van der Waals surface area contributed by atoms with E-state index in [9.17, 15) is 16.8 Å². The first kappa shape index (κ1) is 17.2. The van der Waals surface area contributed by atoms with Crippen LogP contribution < -0.4 is 5.32 Å².